The van der Waals surface area contributed by atoms with Crippen molar-refractivity contribution in [1.29, 1.82) is 0 Å². The summed E-state index contributed by atoms with van der Waals surface area (Å²) in [4.78, 5) is 10.6. The van der Waals surface area contributed by atoms with E-state index in [-0.39, 0.29) is 16.7 Å². The molecule has 2 N–H and O–H groups in total. The molecule has 0 spiro atoms. The lowest BCUT2D eigenvalue weighted by Crippen LogP contribution is -2.46. The van der Waals surface area contributed by atoms with Crippen molar-refractivity contribution in [2.45, 2.75) is 31.8 Å². The van der Waals surface area contributed by atoms with E-state index in [1.54, 1.807) is 12.1 Å². The summed E-state index contributed by atoms with van der Waals surface area (Å²) in [5.41, 5.74) is 0.700. The van der Waals surface area contributed by atoms with Gasteiger partial charge in [0.05, 0.1) is 4.92 Å². The third kappa shape index (κ3) is 3.00. The molecule has 2 unspecified atom stereocenters. The Balaban J connectivity index is 2.21. The Morgan fingerprint density at radius 3 is 3.00 bits per heavy atom. The zero-order chi connectivity index (χ0) is 13.1. The van der Waals surface area contributed by atoms with Gasteiger partial charge in [0.15, 0.2) is 0 Å². The van der Waals surface area contributed by atoms with E-state index in [1.807, 2.05) is 0 Å². The van der Waals surface area contributed by atoms with Gasteiger partial charge in [-0.1, -0.05) is 15.9 Å². The number of benzene rings is 1. The molecule has 1 aliphatic heterocycles. The highest BCUT2D eigenvalue weighted by molar-refractivity contribution is 9.10. The van der Waals surface area contributed by atoms with Gasteiger partial charge in [-0.2, -0.15) is 0 Å². The summed E-state index contributed by atoms with van der Waals surface area (Å²) in [5.74, 6) is 0. The number of nitro groups is 1. The predicted octanol–water partition coefficient (Wildman–Crippen LogP) is 2.91. The molecule has 0 amide bonds. The van der Waals surface area contributed by atoms with Crippen molar-refractivity contribution in [3.8, 4) is 0 Å². The number of nitrogens with zero attached hydrogens (tertiary/aromatic N) is 1. The Hall–Kier alpha value is -1.14. The van der Waals surface area contributed by atoms with E-state index in [0.29, 0.717) is 11.7 Å². The molecule has 0 aliphatic carbocycles. The molecule has 2 rings (SSSR count). The summed E-state index contributed by atoms with van der Waals surface area (Å²) in [7, 11) is 0. The third-order valence-electron chi connectivity index (χ3n) is 3.26. The topological polar surface area (TPSA) is 67.2 Å². The molecule has 98 valence electrons. The van der Waals surface area contributed by atoms with Crippen LogP contribution in [0.15, 0.2) is 22.7 Å². The molecule has 18 heavy (non-hydrogen) atoms. The van der Waals surface area contributed by atoms with Crippen LogP contribution in [0.5, 0.6) is 0 Å². The first kappa shape index (κ1) is 13.3. The highest BCUT2D eigenvalue weighted by Gasteiger charge is 2.23. The van der Waals surface area contributed by atoms with E-state index in [0.717, 1.165) is 23.9 Å². The molecule has 0 aromatic heterocycles. The number of hydrogen-bond acceptors (Lipinski definition) is 4. The lowest BCUT2D eigenvalue weighted by molar-refractivity contribution is -0.384. The van der Waals surface area contributed by atoms with Crippen LogP contribution in [0.3, 0.4) is 0 Å². The van der Waals surface area contributed by atoms with Crippen molar-refractivity contribution in [2.75, 3.05) is 11.9 Å². The summed E-state index contributed by atoms with van der Waals surface area (Å²) in [6, 6.07) is 5.52. The Bertz CT molecular complexity index is 453. The van der Waals surface area contributed by atoms with Crippen molar-refractivity contribution in [1.82, 2.24) is 5.32 Å². The summed E-state index contributed by atoms with van der Waals surface area (Å²) >= 11 is 3.35. The SMILES string of the molecule is CC1NCCCC1Nc1cc(Br)ccc1[N+](=O)[O-]. The monoisotopic (exact) mass is 313 g/mol. The minimum absolute atomic E-state index is 0.121. The first-order valence-corrected chi connectivity index (χ1v) is 6.81. The fraction of sp³-hybridized carbons (Fsp3) is 0.500. The van der Waals surface area contributed by atoms with E-state index in [9.17, 15) is 10.1 Å². The first-order chi connectivity index (χ1) is 8.58. The number of piperidine rings is 1. The van der Waals surface area contributed by atoms with Crippen molar-refractivity contribution in [3.63, 3.8) is 0 Å². The first-order valence-electron chi connectivity index (χ1n) is 6.02. The highest BCUT2D eigenvalue weighted by Crippen LogP contribution is 2.29. The second kappa shape index (κ2) is 5.67. The van der Waals surface area contributed by atoms with Crippen LogP contribution in [0.1, 0.15) is 19.8 Å². The maximum absolute atomic E-state index is 11.0. The normalized spacial score (nSPS) is 23.7. The Morgan fingerprint density at radius 2 is 2.33 bits per heavy atom. The fourth-order valence-electron chi connectivity index (χ4n) is 2.22. The molecule has 1 fully saturated rings. The lowest BCUT2D eigenvalue weighted by atomic mass is 9.99. The standard InChI is InChI=1S/C12H16BrN3O2/c1-8-10(3-2-6-14-8)15-11-7-9(13)4-5-12(11)16(17)18/h4-5,7-8,10,14-15H,2-3,6H2,1H3. The maximum Gasteiger partial charge on any atom is 0.292 e. The van der Waals surface area contributed by atoms with Crippen molar-refractivity contribution < 1.29 is 4.92 Å². The van der Waals surface area contributed by atoms with Crippen LogP contribution in [0.2, 0.25) is 0 Å². The average Bonchev–Trinajstić information content (AvgIpc) is 2.32. The van der Waals surface area contributed by atoms with Gasteiger partial charge in [-0.15, -0.1) is 0 Å². The minimum Gasteiger partial charge on any atom is -0.375 e. The average molecular weight is 314 g/mol. The molecule has 0 radical (unpaired) electrons. The summed E-state index contributed by atoms with van der Waals surface area (Å²) in [6.07, 6.45) is 2.11. The Labute approximate surface area is 114 Å². The van der Waals surface area contributed by atoms with Gasteiger partial charge in [0.1, 0.15) is 5.69 Å². The second-order valence-corrected chi connectivity index (χ2v) is 5.47. The fourth-order valence-corrected chi connectivity index (χ4v) is 2.59. The Morgan fingerprint density at radius 1 is 1.56 bits per heavy atom. The van der Waals surface area contributed by atoms with Crippen LogP contribution in [-0.4, -0.2) is 23.6 Å². The van der Waals surface area contributed by atoms with Crippen LogP contribution >= 0.6 is 15.9 Å². The zero-order valence-corrected chi connectivity index (χ0v) is 11.7. The van der Waals surface area contributed by atoms with Gasteiger partial charge < -0.3 is 10.6 Å². The highest BCUT2D eigenvalue weighted by atomic mass is 79.9. The molecule has 1 aromatic carbocycles. The van der Waals surface area contributed by atoms with E-state index < -0.39 is 0 Å². The Kier molecular flexibility index (Phi) is 4.19. The number of anilines is 1. The van der Waals surface area contributed by atoms with Gasteiger partial charge in [0, 0.05) is 22.6 Å². The van der Waals surface area contributed by atoms with Gasteiger partial charge >= 0.3 is 0 Å². The van der Waals surface area contributed by atoms with Gasteiger partial charge in [-0.25, -0.2) is 0 Å². The molecule has 1 aliphatic rings. The predicted molar refractivity (Wildman–Crippen MR) is 74.9 cm³/mol. The van der Waals surface area contributed by atoms with E-state index in [4.69, 9.17) is 0 Å². The molecule has 0 bridgehead atoms. The number of nitrogens with one attached hydrogen (secondary N) is 2. The zero-order valence-electron chi connectivity index (χ0n) is 10.1. The lowest BCUT2D eigenvalue weighted by Gasteiger charge is -2.31. The molecule has 5 nitrogen and oxygen atoms in total. The molecular formula is C12H16BrN3O2. The quantitative estimate of drug-likeness (QED) is 0.665. The van der Waals surface area contributed by atoms with E-state index in [2.05, 4.69) is 33.5 Å². The molecular weight excluding hydrogens is 298 g/mol. The molecule has 2 atom stereocenters. The van der Waals surface area contributed by atoms with Gasteiger partial charge in [0.2, 0.25) is 0 Å². The van der Waals surface area contributed by atoms with Crippen LogP contribution in [-0.2, 0) is 0 Å². The molecule has 1 heterocycles. The van der Waals surface area contributed by atoms with Gasteiger partial charge in [-0.05, 0) is 38.4 Å². The maximum atomic E-state index is 11.0. The summed E-state index contributed by atoms with van der Waals surface area (Å²) in [6.45, 7) is 3.11. The molecule has 1 saturated heterocycles. The van der Waals surface area contributed by atoms with Crippen LogP contribution in [0.4, 0.5) is 11.4 Å². The summed E-state index contributed by atoms with van der Waals surface area (Å²) in [5, 5.41) is 17.6. The minimum atomic E-state index is -0.351. The molecule has 1 aromatic rings. The smallest absolute Gasteiger partial charge is 0.292 e. The van der Waals surface area contributed by atoms with Crippen LogP contribution < -0.4 is 10.6 Å². The number of rotatable bonds is 3. The van der Waals surface area contributed by atoms with Crippen molar-refractivity contribution in [3.05, 3.63) is 32.8 Å². The van der Waals surface area contributed by atoms with E-state index >= 15 is 0 Å². The largest absolute Gasteiger partial charge is 0.375 e. The van der Waals surface area contributed by atoms with Gasteiger partial charge in [-0.3, -0.25) is 10.1 Å². The molecule has 0 saturated carbocycles. The van der Waals surface area contributed by atoms with Crippen molar-refractivity contribution in [2.24, 2.45) is 0 Å². The van der Waals surface area contributed by atoms with Crippen molar-refractivity contribution >= 4 is 27.3 Å². The molecule has 6 heteroatoms. The summed E-state index contributed by atoms with van der Waals surface area (Å²) < 4.78 is 0.840. The second-order valence-electron chi connectivity index (χ2n) is 4.55. The third-order valence-corrected chi connectivity index (χ3v) is 3.75. The number of hydrogen-bond donors (Lipinski definition) is 2. The van der Waals surface area contributed by atoms with Crippen LogP contribution in [0, 0.1) is 10.1 Å². The van der Waals surface area contributed by atoms with E-state index in [1.165, 1.54) is 6.07 Å². The van der Waals surface area contributed by atoms with Crippen LogP contribution in [0.25, 0.3) is 0 Å². The number of halogens is 1. The van der Waals surface area contributed by atoms with Gasteiger partial charge in [0.25, 0.3) is 5.69 Å². The number of nitro benzene ring substituents is 1.